The Morgan fingerprint density at radius 1 is 1.04 bits per heavy atom. The topological polar surface area (TPSA) is 194 Å². The average molecular weight is 845 g/mol. The third-order valence-corrected chi connectivity index (χ3v) is 10.4. The Morgan fingerprint density at radius 2 is 1.60 bits per heavy atom. The van der Waals surface area contributed by atoms with E-state index in [1.165, 1.54) is 17.6 Å². The highest BCUT2D eigenvalue weighted by molar-refractivity contribution is 7.57. The van der Waals surface area contributed by atoms with E-state index in [1.54, 1.807) is 37.1 Å². The van der Waals surface area contributed by atoms with Gasteiger partial charge in [0, 0.05) is 36.1 Å². The van der Waals surface area contributed by atoms with Crippen LogP contribution in [0.15, 0.2) is 52.6 Å². The molecule has 1 heterocycles. The maximum atomic E-state index is 12.7. The van der Waals surface area contributed by atoms with Gasteiger partial charge in [-0.25, -0.2) is 9.69 Å². The van der Waals surface area contributed by atoms with Gasteiger partial charge in [-0.15, -0.1) is 11.6 Å². The number of rotatable bonds is 14. The van der Waals surface area contributed by atoms with Gasteiger partial charge in [0.15, 0.2) is 7.37 Å². The number of halogens is 3. The highest BCUT2D eigenvalue weighted by Crippen LogP contribution is 2.37. The maximum Gasteiger partial charge on any atom is 0.349 e. The number of carbonyl (C=O) groups excluding carboxylic acids is 4. The maximum absolute atomic E-state index is 12.7. The predicted octanol–water partition coefficient (Wildman–Crippen LogP) is 6.90. The zero-order valence-electron chi connectivity index (χ0n) is 31.6. The number of anilines is 2. The molecule has 2 aromatic carbocycles. The van der Waals surface area contributed by atoms with Crippen molar-refractivity contribution < 1.29 is 48.0 Å². The lowest BCUT2D eigenvalue weighted by atomic mass is 9.93. The molecule has 302 valence electrons. The van der Waals surface area contributed by atoms with E-state index in [0.717, 1.165) is 42.5 Å². The number of aliphatic carboxylic acids is 1. The number of amides is 3. The molecular formula is C38H49Cl3N3O10P. The summed E-state index contributed by atoms with van der Waals surface area (Å²) in [6.45, 7) is 7.44. The van der Waals surface area contributed by atoms with E-state index in [0.29, 0.717) is 40.3 Å². The second-order valence-electron chi connectivity index (χ2n) is 12.5. The lowest BCUT2D eigenvalue weighted by Gasteiger charge is -2.26. The number of methoxy groups -OCH3 is 1. The summed E-state index contributed by atoms with van der Waals surface area (Å²) in [4.78, 5) is 70.6. The molecule has 2 aliphatic rings. The van der Waals surface area contributed by atoms with Gasteiger partial charge in [-0.3, -0.25) is 28.6 Å². The van der Waals surface area contributed by atoms with Crippen molar-refractivity contribution in [1.82, 2.24) is 0 Å². The first-order valence-corrected chi connectivity index (χ1v) is 21.2. The second kappa shape index (κ2) is 22.9. The van der Waals surface area contributed by atoms with Crippen LogP contribution in [0.25, 0.3) is 6.08 Å². The number of esters is 1. The van der Waals surface area contributed by atoms with Crippen LogP contribution in [0.4, 0.5) is 11.4 Å². The van der Waals surface area contributed by atoms with Crippen LogP contribution in [0.2, 0.25) is 5.02 Å². The number of ether oxygens (including phenoxy) is 2. The Balaban J connectivity index is 0.000000313. The number of hydrogen-bond donors (Lipinski definition) is 3. The Labute approximate surface area is 336 Å². The molecule has 55 heavy (non-hydrogen) atoms. The molecule has 0 spiro atoms. The van der Waals surface area contributed by atoms with Crippen LogP contribution in [0.1, 0.15) is 69.6 Å². The minimum atomic E-state index is -3.10. The number of alkyl halides is 1. The fourth-order valence-electron chi connectivity index (χ4n) is 5.68. The zero-order valence-corrected chi connectivity index (χ0v) is 34.8. The summed E-state index contributed by atoms with van der Waals surface area (Å²) in [5.41, 5.74) is 10.4. The number of hydrogen-bond acceptors (Lipinski definition) is 9. The third-order valence-electron chi connectivity index (χ3n) is 8.46. The summed E-state index contributed by atoms with van der Waals surface area (Å²) in [5, 5.41) is 8.49. The van der Waals surface area contributed by atoms with Crippen LogP contribution in [-0.4, -0.2) is 84.9 Å². The molecule has 17 heteroatoms. The Kier molecular flexibility index (Phi) is 19.8. The van der Waals surface area contributed by atoms with E-state index in [2.05, 4.69) is 13.8 Å². The first-order valence-electron chi connectivity index (χ1n) is 17.6. The van der Waals surface area contributed by atoms with Crippen molar-refractivity contribution in [2.75, 3.05) is 49.0 Å². The molecule has 0 saturated heterocycles. The first kappa shape index (κ1) is 47.6. The Morgan fingerprint density at radius 3 is 2.05 bits per heavy atom. The van der Waals surface area contributed by atoms with Crippen molar-refractivity contribution in [2.45, 2.75) is 71.8 Å². The standard InChI is InChI=1S/C19H17Cl2NO4.C14H20ClNO2.C5H12NO4P/c1-2-26-19(25)16(21)10-11-9-12(7-8-15(11)20)22-17(23)13-5-3-4-6-14(13)18(22)24;1-4-11-7-6-8-12(5-2)14(11)16(10-18-3)13(17)9-15;1-11(9,10)3-2-4(6)5(7)8/h7-10H,2-6H2,1H3;6-8H,4-5,9-10H2,1-3H3;4H,2-3,6H2,1H3,(H,7,8)(H,9,10)/b16-10-;;. The van der Waals surface area contributed by atoms with E-state index < -0.39 is 25.3 Å². The number of para-hydroxylation sites is 1. The number of benzene rings is 2. The fourth-order valence-corrected chi connectivity index (χ4v) is 6.92. The van der Waals surface area contributed by atoms with Gasteiger partial charge in [0.1, 0.15) is 23.7 Å². The van der Waals surface area contributed by atoms with E-state index in [9.17, 15) is 28.5 Å². The van der Waals surface area contributed by atoms with Crippen molar-refractivity contribution in [3.63, 3.8) is 0 Å². The van der Waals surface area contributed by atoms with Crippen molar-refractivity contribution in [3.05, 3.63) is 74.3 Å². The molecule has 0 saturated carbocycles. The van der Waals surface area contributed by atoms with Crippen LogP contribution < -0.4 is 15.5 Å². The predicted molar refractivity (Wildman–Crippen MR) is 216 cm³/mol. The van der Waals surface area contributed by atoms with Crippen molar-refractivity contribution >= 4 is 89.3 Å². The Hall–Kier alpha value is -3.55. The molecular weight excluding hydrogens is 796 g/mol. The molecule has 2 atom stereocenters. The molecule has 0 bridgehead atoms. The molecule has 0 aromatic heterocycles. The number of carboxylic acids is 1. The summed E-state index contributed by atoms with van der Waals surface area (Å²) >= 11 is 17.8. The van der Waals surface area contributed by atoms with E-state index in [-0.39, 0.29) is 54.6 Å². The lowest BCUT2D eigenvalue weighted by molar-refractivity contribution is -0.139. The first-order chi connectivity index (χ1) is 26.0. The number of carboxylic acid groups (broad SMARTS) is 1. The van der Waals surface area contributed by atoms with E-state index in [4.69, 9.17) is 60.0 Å². The summed E-state index contributed by atoms with van der Waals surface area (Å²) < 4.78 is 20.6. The molecule has 1 aliphatic carbocycles. The molecule has 2 unspecified atom stereocenters. The third kappa shape index (κ3) is 13.9. The van der Waals surface area contributed by atoms with Crippen molar-refractivity contribution in [3.8, 4) is 0 Å². The lowest BCUT2D eigenvalue weighted by Crippen LogP contribution is -2.35. The normalized spacial score (nSPS) is 15.5. The van der Waals surface area contributed by atoms with Crippen LogP contribution in [-0.2, 0) is 50.9 Å². The molecule has 13 nitrogen and oxygen atoms in total. The summed E-state index contributed by atoms with van der Waals surface area (Å²) in [7, 11) is -1.52. The number of aryl methyl sites for hydroxylation is 2. The Bertz CT molecular complexity index is 1780. The number of carbonyl (C=O) groups is 5. The molecule has 0 fully saturated rings. The van der Waals surface area contributed by atoms with Gasteiger partial charge in [-0.2, -0.15) is 0 Å². The highest BCUT2D eigenvalue weighted by atomic mass is 35.5. The summed E-state index contributed by atoms with van der Waals surface area (Å²) in [6, 6.07) is 9.81. The van der Waals surface area contributed by atoms with Gasteiger partial charge >= 0.3 is 11.9 Å². The van der Waals surface area contributed by atoms with Gasteiger partial charge in [0.05, 0.1) is 18.0 Å². The van der Waals surface area contributed by atoms with Gasteiger partial charge in [-0.1, -0.05) is 55.2 Å². The van der Waals surface area contributed by atoms with Crippen LogP contribution in [0, 0.1) is 0 Å². The van der Waals surface area contributed by atoms with Gasteiger partial charge in [0.25, 0.3) is 11.8 Å². The minimum absolute atomic E-state index is 0.0371. The molecule has 4 N–H and O–H groups in total. The van der Waals surface area contributed by atoms with E-state index in [1.807, 2.05) is 18.2 Å². The average Bonchev–Trinajstić information content (AvgIpc) is 3.42. The monoisotopic (exact) mass is 843 g/mol. The molecule has 0 radical (unpaired) electrons. The number of nitrogens with two attached hydrogens (primary N) is 1. The summed E-state index contributed by atoms with van der Waals surface area (Å²) in [5.74, 6) is -2.53. The number of nitrogens with zero attached hydrogens (tertiary/aromatic N) is 2. The highest BCUT2D eigenvalue weighted by Gasteiger charge is 2.39. The molecule has 3 amide bonds. The quantitative estimate of drug-likeness (QED) is 0.0447. The fraction of sp³-hybridized carbons (Fsp3) is 0.447. The van der Waals surface area contributed by atoms with Crippen LogP contribution >= 0.6 is 42.2 Å². The molecule has 1 aliphatic heterocycles. The van der Waals surface area contributed by atoms with Gasteiger partial charge in [-0.05, 0) is 92.8 Å². The van der Waals surface area contributed by atoms with Gasteiger partial charge < -0.3 is 25.2 Å². The largest absolute Gasteiger partial charge is 0.480 e. The minimum Gasteiger partial charge on any atom is -0.480 e. The van der Waals surface area contributed by atoms with Crippen molar-refractivity contribution in [2.24, 2.45) is 5.73 Å². The van der Waals surface area contributed by atoms with Crippen LogP contribution in [0.5, 0.6) is 0 Å². The van der Waals surface area contributed by atoms with E-state index >= 15 is 0 Å². The zero-order chi connectivity index (χ0) is 41.5. The molecule has 2 aromatic rings. The summed E-state index contributed by atoms with van der Waals surface area (Å²) in [6.07, 6.45) is 6.20. The second-order valence-corrected chi connectivity index (χ2v) is 16.2. The smallest absolute Gasteiger partial charge is 0.349 e. The number of imide groups is 1. The van der Waals surface area contributed by atoms with Crippen molar-refractivity contribution in [1.29, 1.82) is 0 Å². The molecule has 4 rings (SSSR count). The SMILES string of the molecule is CCOC(=O)/C(Cl)=C/c1cc(N2C(=O)C3=C(CCCC3)C2=O)ccc1Cl.CCc1cccc(CC)c1N(COC)C(=O)CCl.CP(=O)(O)CCC(N)C(=O)O. The van der Waals surface area contributed by atoms with Gasteiger partial charge in [0.2, 0.25) is 5.91 Å². The van der Waals surface area contributed by atoms with Crippen LogP contribution in [0.3, 0.4) is 0 Å².